The van der Waals surface area contributed by atoms with Crippen LogP contribution in [0, 0.1) is 0 Å². The number of aliphatic hydroxyl groups excluding tert-OH is 1. The first kappa shape index (κ1) is 14.4. The van der Waals surface area contributed by atoms with Gasteiger partial charge < -0.3 is 10.0 Å². The number of carbonyl (C=O) groups excluding carboxylic acids is 1. The van der Waals surface area contributed by atoms with Crippen LogP contribution < -0.4 is 0 Å². The first-order valence-electron chi connectivity index (χ1n) is 6.82. The van der Waals surface area contributed by atoms with Crippen LogP contribution in [0.2, 0.25) is 0 Å². The molecule has 1 unspecified atom stereocenters. The van der Waals surface area contributed by atoms with Crippen molar-refractivity contribution in [2.75, 3.05) is 19.4 Å². The fraction of sp³-hybridized carbons (Fsp3) is 0.533. The molecule has 0 spiro atoms. The molecule has 1 aliphatic rings. The van der Waals surface area contributed by atoms with Crippen molar-refractivity contribution in [2.45, 2.75) is 36.6 Å². The largest absolute Gasteiger partial charge is 0.396 e. The number of hydrogen-bond donors (Lipinski definition) is 1. The zero-order chi connectivity index (χ0) is 13.7. The molecule has 1 saturated heterocycles. The fourth-order valence-corrected chi connectivity index (χ4v) is 3.04. The van der Waals surface area contributed by atoms with Gasteiger partial charge in [-0.1, -0.05) is 0 Å². The van der Waals surface area contributed by atoms with Gasteiger partial charge in [-0.05, 0) is 56.2 Å². The van der Waals surface area contributed by atoms with Crippen molar-refractivity contribution in [3.63, 3.8) is 0 Å². The Morgan fingerprint density at radius 2 is 2.16 bits per heavy atom. The zero-order valence-corrected chi connectivity index (χ0v) is 12.2. The van der Waals surface area contributed by atoms with Crippen LogP contribution in [-0.2, 0) is 0 Å². The van der Waals surface area contributed by atoms with Gasteiger partial charge in [0.1, 0.15) is 0 Å². The quantitative estimate of drug-likeness (QED) is 0.843. The molecule has 1 amide bonds. The number of thioether (sulfide) groups is 1. The van der Waals surface area contributed by atoms with E-state index in [1.165, 1.54) is 4.90 Å². The standard InChI is InChI=1S/C15H21NO2S/c1-19-14-8-6-12(7-9-14)15(18)16-10-2-4-13(16)5-3-11-17/h6-9,13,17H,2-5,10-11H2,1H3. The Labute approximate surface area is 119 Å². The summed E-state index contributed by atoms with van der Waals surface area (Å²) in [6.45, 7) is 1.06. The Hall–Kier alpha value is -1.00. The number of aliphatic hydroxyl groups is 1. The summed E-state index contributed by atoms with van der Waals surface area (Å²) in [5.74, 6) is 0.132. The van der Waals surface area contributed by atoms with Gasteiger partial charge in [0.15, 0.2) is 0 Å². The summed E-state index contributed by atoms with van der Waals surface area (Å²) in [7, 11) is 0. The number of nitrogens with zero attached hydrogens (tertiary/aromatic N) is 1. The van der Waals surface area contributed by atoms with Crippen molar-refractivity contribution in [3.8, 4) is 0 Å². The average molecular weight is 279 g/mol. The van der Waals surface area contributed by atoms with E-state index in [0.717, 1.165) is 37.8 Å². The van der Waals surface area contributed by atoms with Gasteiger partial charge in [-0.25, -0.2) is 0 Å². The molecule has 1 aromatic carbocycles. The summed E-state index contributed by atoms with van der Waals surface area (Å²) >= 11 is 1.68. The minimum atomic E-state index is 0.132. The van der Waals surface area contributed by atoms with Crippen LogP contribution in [0.1, 0.15) is 36.0 Å². The normalized spacial score (nSPS) is 18.8. The van der Waals surface area contributed by atoms with Crippen molar-refractivity contribution in [3.05, 3.63) is 29.8 Å². The lowest BCUT2D eigenvalue weighted by molar-refractivity contribution is 0.0724. The molecule has 0 aromatic heterocycles. The Morgan fingerprint density at radius 3 is 2.79 bits per heavy atom. The molecule has 0 aliphatic carbocycles. The molecule has 19 heavy (non-hydrogen) atoms. The van der Waals surface area contributed by atoms with Gasteiger partial charge in [-0.2, -0.15) is 0 Å². The lowest BCUT2D eigenvalue weighted by Crippen LogP contribution is -2.35. The second kappa shape index (κ2) is 6.96. The summed E-state index contributed by atoms with van der Waals surface area (Å²) in [5, 5.41) is 8.92. The van der Waals surface area contributed by atoms with Gasteiger partial charge in [0.2, 0.25) is 0 Å². The van der Waals surface area contributed by atoms with Gasteiger partial charge in [-0.3, -0.25) is 4.79 Å². The molecule has 1 aliphatic heterocycles. The van der Waals surface area contributed by atoms with Crippen LogP contribution in [0.4, 0.5) is 0 Å². The molecular weight excluding hydrogens is 258 g/mol. The summed E-state index contributed by atoms with van der Waals surface area (Å²) in [4.78, 5) is 15.6. The third kappa shape index (κ3) is 3.51. The SMILES string of the molecule is CSc1ccc(C(=O)N2CCCC2CCCO)cc1. The monoisotopic (exact) mass is 279 g/mol. The lowest BCUT2D eigenvalue weighted by atomic mass is 10.1. The van der Waals surface area contributed by atoms with Crippen molar-refractivity contribution < 1.29 is 9.90 Å². The van der Waals surface area contributed by atoms with Crippen molar-refractivity contribution >= 4 is 17.7 Å². The zero-order valence-electron chi connectivity index (χ0n) is 11.3. The molecule has 0 bridgehead atoms. The Morgan fingerprint density at radius 1 is 1.42 bits per heavy atom. The van der Waals surface area contributed by atoms with Crippen LogP contribution in [-0.4, -0.2) is 41.4 Å². The van der Waals surface area contributed by atoms with Gasteiger partial charge in [0.05, 0.1) is 0 Å². The van der Waals surface area contributed by atoms with E-state index in [0.29, 0.717) is 6.04 Å². The third-order valence-electron chi connectivity index (χ3n) is 3.67. The van der Waals surface area contributed by atoms with Crippen LogP contribution in [0.15, 0.2) is 29.2 Å². The third-order valence-corrected chi connectivity index (χ3v) is 4.41. The number of benzene rings is 1. The maximum Gasteiger partial charge on any atom is 0.254 e. The highest BCUT2D eigenvalue weighted by molar-refractivity contribution is 7.98. The number of carbonyl (C=O) groups is 1. The molecule has 0 radical (unpaired) electrons. The van der Waals surface area contributed by atoms with Gasteiger partial charge >= 0.3 is 0 Å². The lowest BCUT2D eigenvalue weighted by Gasteiger charge is -2.24. The van der Waals surface area contributed by atoms with Gasteiger partial charge in [-0.15, -0.1) is 11.8 Å². The molecule has 1 aromatic rings. The molecule has 2 rings (SSSR count). The van der Waals surface area contributed by atoms with Crippen LogP contribution in [0.5, 0.6) is 0 Å². The number of amides is 1. The number of hydrogen-bond acceptors (Lipinski definition) is 3. The Bertz CT molecular complexity index is 419. The summed E-state index contributed by atoms with van der Waals surface area (Å²) < 4.78 is 0. The van der Waals surface area contributed by atoms with Gasteiger partial charge in [0, 0.05) is 29.7 Å². The number of likely N-dealkylation sites (tertiary alicyclic amines) is 1. The first-order chi connectivity index (χ1) is 9.26. The minimum absolute atomic E-state index is 0.132. The van der Waals surface area contributed by atoms with Crippen molar-refractivity contribution in [1.82, 2.24) is 4.90 Å². The summed E-state index contributed by atoms with van der Waals surface area (Å²) in [5.41, 5.74) is 0.772. The van der Waals surface area contributed by atoms with Crippen molar-refractivity contribution in [2.24, 2.45) is 0 Å². The minimum Gasteiger partial charge on any atom is -0.396 e. The van der Waals surface area contributed by atoms with Crippen LogP contribution in [0.3, 0.4) is 0 Å². The molecular formula is C15H21NO2S. The average Bonchev–Trinajstić information content (AvgIpc) is 2.92. The van der Waals surface area contributed by atoms with Gasteiger partial charge in [0.25, 0.3) is 5.91 Å². The van der Waals surface area contributed by atoms with E-state index in [2.05, 4.69) is 0 Å². The molecule has 3 nitrogen and oxygen atoms in total. The summed E-state index contributed by atoms with van der Waals surface area (Å²) in [6.07, 6.45) is 5.85. The van der Waals surface area contributed by atoms with E-state index >= 15 is 0 Å². The van der Waals surface area contributed by atoms with Crippen LogP contribution in [0.25, 0.3) is 0 Å². The summed E-state index contributed by atoms with van der Waals surface area (Å²) in [6, 6.07) is 8.12. The topological polar surface area (TPSA) is 40.5 Å². The van der Waals surface area contributed by atoms with E-state index in [-0.39, 0.29) is 12.5 Å². The molecule has 1 heterocycles. The maximum absolute atomic E-state index is 12.5. The van der Waals surface area contributed by atoms with Crippen LogP contribution >= 0.6 is 11.8 Å². The first-order valence-corrected chi connectivity index (χ1v) is 8.04. The molecule has 4 heteroatoms. The predicted molar refractivity (Wildman–Crippen MR) is 78.6 cm³/mol. The Balaban J connectivity index is 2.04. The maximum atomic E-state index is 12.5. The number of rotatable bonds is 5. The molecule has 0 saturated carbocycles. The highest BCUT2D eigenvalue weighted by atomic mass is 32.2. The van der Waals surface area contributed by atoms with E-state index in [9.17, 15) is 4.79 Å². The molecule has 1 fully saturated rings. The smallest absolute Gasteiger partial charge is 0.254 e. The van der Waals surface area contributed by atoms with Crippen molar-refractivity contribution in [1.29, 1.82) is 0 Å². The molecule has 1 N–H and O–H groups in total. The Kier molecular flexibility index (Phi) is 5.28. The molecule has 1 atom stereocenters. The predicted octanol–water partition coefficient (Wildman–Crippen LogP) is 2.79. The van der Waals surface area contributed by atoms with E-state index in [1.54, 1.807) is 11.8 Å². The second-order valence-corrected chi connectivity index (χ2v) is 5.77. The second-order valence-electron chi connectivity index (χ2n) is 4.89. The van der Waals surface area contributed by atoms with E-state index < -0.39 is 0 Å². The highest BCUT2D eigenvalue weighted by Crippen LogP contribution is 2.24. The van der Waals surface area contributed by atoms with E-state index in [4.69, 9.17) is 5.11 Å². The molecule has 104 valence electrons. The fourth-order valence-electron chi connectivity index (χ4n) is 2.63. The van der Waals surface area contributed by atoms with E-state index in [1.807, 2.05) is 35.4 Å². The highest BCUT2D eigenvalue weighted by Gasteiger charge is 2.28.